The summed E-state index contributed by atoms with van der Waals surface area (Å²) in [6, 6.07) is 3.98. The van der Waals surface area contributed by atoms with Crippen molar-refractivity contribution in [3.8, 4) is 0 Å². The molecule has 2 aromatic rings. The molecule has 0 unspecified atom stereocenters. The van der Waals surface area contributed by atoms with Crippen LogP contribution in [0.3, 0.4) is 0 Å². The third-order valence-corrected chi connectivity index (χ3v) is 2.10. The van der Waals surface area contributed by atoms with Crippen LogP contribution in [-0.4, -0.2) is 21.0 Å². The van der Waals surface area contributed by atoms with Crippen molar-refractivity contribution in [3.63, 3.8) is 0 Å². The Morgan fingerprint density at radius 1 is 1.41 bits per heavy atom. The lowest BCUT2D eigenvalue weighted by molar-refractivity contribution is 0.0690. The standard InChI is InChI=1S/C9H5ClN2O3.C2H6/c10-7-2-1-4-6(13)3-5(9(14)15)11-8(4)12-7;1-2/h1-3H,(H,14,15)(H,11,12,13);1-2H3. The minimum absolute atomic E-state index is 0.174. The molecule has 0 saturated carbocycles. The van der Waals surface area contributed by atoms with Crippen LogP contribution in [0.4, 0.5) is 0 Å². The molecule has 0 bridgehead atoms. The molecular weight excluding hydrogens is 244 g/mol. The largest absolute Gasteiger partial charge is 0.477 e. The fourth-order valence-corrected chi connectivity index (χ4v) is 1.36. The van der Waals surface area contributed by atoms with Gasteiger partial charge in [0.25, 0.3) is 0 Å². The van der Waals surface area contributed by atoms with Crippen LogP contribution < -0.4 is 5.43 Å². The van der Waals surface area contributed by atoms with E-state index in [0.29, 0.717) is 5.39 Å². The van der Waals surface area contributed by atoms with Crippen LogP contribution in [0, 0.1) is 0 Å². The third kappa shape index (κ3) is 2.82. The molecule has 90 valence electrons. The van der Waals surface area contributed by atoms with Crippen molar-refractivity contribution in [2.24, 2.45) is 0 Å². The highest BCUT2D eigenvalue weighted by Gasteiger charge is 2.08. The van der Waals surface area contributed by atoms with Gasteiger partial charge in [0.05, 0.1) is 5.39 Å². The number of halogens is 1. The van der Waals surface area contributed by atoms with E-state index in [4.69, 9.17) is 16.7 Å². The monoisotopic (exact) mass is 254 g/mol. The van der Waals surface area contributed by atoms with Crippen LogP contribution in [0.5, 0.6) is 0 Å². The molecule has 0 fully saturated rings. The van der Waals surface area contributed by atoms with Crippen LogP contribution in [-0.2, 0) is 0 Å². The molecule has 0 aliphatic heterocycles. The molecule has 0 aliphatic rings. The number of hydrogen-bond acceptors (Lipinski definition) is 3. The first-order chi connectivity index (χ1) is 8.08. The van der Waals surface area contributed by atoms with E-state index in [1.54, 1.807) is 0 Å². The Morgan fingerprint density at radius 3 is 2.65 bits per heavy atom. The number of aromatic nitrogens is 2. The van der Waals surface area contributed by atoms with E-state index in [0.717, 1.165) is 6.07 Å². The zero-order chi connectivity index (χ0) is 13.0. The molecule has 5 nitrogen and oxygen atoms in total. The van der Waals surface area contributed by atoms with Gasteiger partial charge in [-0.1, -0.05) is 25.4 Å². The molecule has 2 N–H and O–H groups in total. The number of aromatic carboxylic acids is 1. The van der Waals surface area contributed by atoms with E-state index in [1.165, 1.54) is 12.1 Å². The van der Waals surface area contributed by atoms with E-state index in [2.05, 4.69) is 9.97 Å². The molecule has 0 radical (unpaired) electrons. The summed E-state index contributed by atoms with van der Waals surface area (Å²) in [4.78, 5) is 28.4. The van der Waals surface area contributed by atoms with Gasteiger partial charge < -0.3 is 10.1 Å². The van der Waals surface area contributed by atoms with Crippen molar-refractivity contribution in [1.82, 2.24) is 9.97 Å². The van der Waals surface area contributed by atoms with E-state index in [-0.39, 0.29) is 16.5 Å². The Kier molecular flexibility index (Phi) is 4.23. The second kappa shape index (κ2) is 5.45. The SMILES string of the molecule is CC.O=C(O)c1cc(=O)c2ccc(Cl)nc2[nH]1. The first-order valence-electron chi connectivity index (χ1n) is 5.01. The highest BCUT2D eigenvalue weighted by molar-refractivity contribution is 6.29. The molecule has 0 atom stereocenters. The van der Waals surface area contributed by atoms with Gasteiger partial charge in [0.1, 0.15) is 16.5 Å². The lowest BCUT2D eigenvalue weighted by atomic mass is 10.2. The molecule has 0 spiro atoms. The molecule has 0 aromatic carbocycles. The molecular formula is C11H11ClN2O3. The van der Waals surface area contributed by atoms with Crippen molar-refractivity contribution >= 4 is 28.6 Å². The first kappa shape index (κ1) is 13.2. The Morgan fingerprint density at radius 2 is 2.06 bits per heavy atom. The summed E-state index contributed by atoms with van der Waals surface area (Å²) in [5, 5.41) is 9.21. The second-order valence-electron chi connectivity index (χ2n) is 2.88. The highest BCUT2D eigenvalue weighted by Crippen LogP contribution is 2.10. The number of carboxylic acid groups (broad SMARTS) is 1. The Hall–Kier alpha value is -1.88. The zero-order valence-electron chi connectivity index (χ0n) is 9.32. The van der Waals surface area contributed by atoms with Gasteiger partial charge in [0.15, 0.2) is 5.43 Å². The number of hydrogen-bond donors (Lipinski definition) is 2. The van der Waals surface area contributed by atoms with Gasteiger partial charge in [0.2, 0.25) is 0 Å². The van der Waals surface area contributed by atoms with Crippen molar-refractivity contribution < 1.29 is 9.90 Å². The van der Waals surface area contributed by atoms with E-state index in [9.17, 15) is 9.59 Å². The molecule has 2 aromatic heterocycles. The van der Waals surface area contributed by atoms with Gasteiger partial charge in [0, 0.05) is 6.07 Å². The highest BCUT2D eigenvalue weighted by atomic mass is 35.5. The number of nitrogens with zero attached hydrogens (tertiary/aromatic N) is 1. The lowest BCUT2D eigenvalue weighted by Gasteiger charge is -1.99. The number of carboxylic acids is 1. The quantitative estimate of drug-likeness (QED) is 0.765. The number of fused-ring (bicyclic) bond motifs is 1. The summed E-state index contributed by atoms with van der Waals surface area (Å²) < 4.78 is 0. The van der Waals surface area contributed by atoms with Gasteiger partial charge in [-0.3, -0.25) is 4.79 Å². The molecule has 0 aliphatic carbocycles. The zero-order valence-corrected chi connectivity index (χ0v) is 10.1. The fraction of sp³-hybridized carbons (Fsp3) is 0.182. The van der Waals surface area contributed by atoms with Crippen LogP contribution in [0.2, 0.25) is 5.15 Å². The number of pyridine rings is 2. The van der Waals surface area contributed by atoms with Crippen LogP contribution in [0.1, 0.15) is 24.3 Å². The molecule has 0 saturated heterocycles. The van der Waals surface area contributed by atoms with E-state index in [1.807, 2.05) is 13.8 Å². The van der Waals surface area contributed by atoms with Crippen LogP contribution in [0.15, 0.2) is 23.0 Å². The van der Waals surface area contributed by atoms with Gasteiger partial charge in [-0.05, 0) is 12.1 Å². The molecule has 2 rings (SSSR count). The Labute approximate surface area is 102 Å². The number of aromatic amines is 1. The third-order valence-electron chi connectivity index (χ3n) is 1.89. The average molecular weight is 255 g/mol. The van der Waals surface area contributed by atoms with E-state index < -0.39 is 11.4 Å². The smallest absolute Gasteiger partial charge is 0.352 e. The van der Waals surface area contributed by atoms with Gasteiger partial charge in [-0.25, -0.2) is 9.78 Å². The van der Waals surface area contributed by atoms with Crippen molar-refractivity contribution in [3.05, 3.63) is 39.3 Å². The predicted molar refractivity (Wildman–Crippen MR) is 65.7 cm³/mol. The van der Waals surface area contributed by atoms with Crippen molar-refractivity contribution in [1.29, 1.82) is 0 Å². The first-order valence-corrected chi connectivity index (χ1v) is 5.38. The molecule has 0 amide bonds. The molecule has 17 heavy (non-hydrogen) atoms. The lowest BCUT2D eigenvalue weighted by Crippen LogP contribution is -2.10. The minimum Gasteiger partial charge on any atom is -0.477 e. The van der Waals surface area contributed by atoms with Gasteiger partial charge in [-0.15, -0.1) is 0 Å². The Bertz CT molecular complexity index is 607. The fourth-order valence-electron chi connectivity index (χ4n) is 1.22. The summed E-state index contributed by atoms with van der Waals surface area (Å²) in [6.07, 6.45) is 0. The normalized spacial score (nSPS) is 9.59. The predicted octanol–water partition coefficient (Wildman–Crippen LogP) is 2.30. The summed E-state index contributed by atoms with van der Waals surface area (Å²) in [5.41, 5.74) is -0.431. The topological polar surface area (TPSA) is 83.0 Å². The van der Waals surface area contributed by atoms with Crippen LogP contribution >= 0.6 is 11.6 Å². The second-order valence-corrected chi connectivity index (χ2v) is 3.27. The maximum atomic E-state index is 11.4. The average Bonchev–Trinajstić information content (AvgIpc) is 2.30. The molecule has 6 heteroatoms. The summed E-state index contributed by atoms with van der Waals surface area (Å²) in [5.74, 6) is -1.21. The minimum atomic E-state index is -1.21. The maximum Gasteiger partial charge on any atom is 0.352 e. The number of H-pyrrole nitrogens is 1. The maximum absolute atomic E-state index is 11.4. The van der Waals surface area contributed by atoms with E-state index >= 15 is 0 Å². The van der Waals surface area contributed by atoms with Gasteiger partial charge in [-0.2, -0.15) is 0 Å². The molecule has 2 heterocycles. The summed E-state index contributed by atoms with van der Waals surface area (Å²) in [6.45, 7) is 4.00. The summed E-state index contributed by atoms with van der Waals surface area (Å²) in [7, 11) is 0. The van der Waals surface area contributed by atoms with Crippen molar-refractivity contribution in [2.75, 3.05) is 0 Å². The number of nitrogens with one attached hydrogen (secondary N) is 1. The summed E-state index contributed by atoms with van der Waals surface area (Å²) >= 11 is 5.62. The number of rotatable bonds is 1. The number of carbonyl (C=O) groups is 1. The van der Waals surface area contributed by atoms with Crippen molar-refractivity contribution in [2.45, 2.75) is 13.8 Å². The Balaban J connectivity index is 0.000000686. The van der Waals surface area contributed by atoms with Crippen LogP contribution in [0.25, 0.3) is 11.0 Å². The van der Waals surface area contributed by atoms with Gasteiger partial charge >= 0.3 is 5.97 Å².